The first-order chi connectivity index (χ1) is 9.63. The van der Waals surface area contributed by atoms with Crippen LogP contribution in [0.15, 0.2) is 10.5 Å². The van der Waals surface area contributed by atoms with E-state index in [1.807, 2.05) is 19.9 Å². The van der Waals surface area contributed by atoms with E-state index in [9.17, 15) is 4.79 Å². The summed E-state index contributed by atoms with van der Waals surface area (Å²) in [6.45, 7) is 5.55. The number of amides is 1. The highest BCUT2D eigenvalue weighted by molar-refractivity contribution is 5.91. The molecule has 0 saturated heterocycles. The topological polar surface area (TPSA) is 68.3 Å². The fourth-order valence-corrected chi connectivity index (χ4v) is 2.98. The number of hydrogen-bond donors (Lipinski definition) is 2. The Hall–Kier alpha value is -1.29. The predicted molar refractivity (Wildman–Crippen MR) is 79.7 cm³/mol. The molecular formula is C16H26N2O2. The van der Waals surface area contributed by atoms with Gasteiger partial charge in [-0.3, -0.25) is 4.79 Å². The first-order valence-corrected chi connectivity index (χ1v) is 7.71. The zero-order valence-corrected chi connectivity index (χ0v) is 12.6. The van der Waals surface area contributed by atoms with Crippen molar-refractivity contribution in [2.75, 3.05) is 13.1 Å². The van der Waals surface area contributed by atoms with Crippen LogP contribution in [0.4, 0.5) is 0 Å². The summed E-state index contributed by atoms with van der Waals surface area (Å²) in [5.74, 6) is 2.52. The van der Waals surface area contributed by atoms with Gasteiger partial charge in [0.2, 0.25) is 0 Å². The number of aryl methyl sites for hydroxylation is 2. The lowest BCUT2D eigenvalue weighted by Crippen LogP contribution is -2.32. The Morgan fingerprint density at radius 3 is 2.55 bits per heavy atom. The molecule has 1 aromatic heterocycles. The molecule has 1 aliphatic carbocycles. The Bertz CT molecular complexity index is 445. The van der Waals surface area contributed by atoms with Crippen molar-refractivity contribution >= 4 is 5.91 Å². The van der Waals surface area contributed by atoms with Crippen molar-refractivity contribution < 1.29 is 9.21 Å². The van der Waals surface area contributed by atoms with E-state index in [1.165, 1.54) is 25.7 Å². The normalized spacial score (nSPS) is 22.8. The zero-order chi connectivity index (χ0) is 14.5. The van der Waals surface area contributed by atoms with Gasteiger partial charge in [-0.25, -0.2) is 0 Å². The van der Waals surface area contributed by atoms with Crippen molar-refractivity contribution in [1.29, 1.82) is 0 Å². The van der Waals surface area contributed by atoms with Gasteiger partial charge in [-0.15, -0.1) is 0 Å². The molecule has 3 N–H and O–H groups in total. The molecular weight excluding hydrogens is 252 g/mol. The largest absolute Gasteiger partial charge is 0.456 e. The molecule has 1 fully saturated rings. The summed E-state index contributed by atoms with van der Waals surface area (Å²) >= 11 is 0. The second-order valence-electron chi connectivity index (χ2n) is 5.90. The van der Waals surface area contributed by atoms with Crippen LogP contribution < -0.4 is 11.1 Å². The molecule has 1 amide bonds. The van der Waals surface area contributed by atoms with Crippen molar-refractivity contribution in [1.82, 2.24) is 5.32 Å². The summed E-state index contributed by atoms with van der Waals surface area (Å²) < 4.78 is 5.57. The third-order valence-corrected chi connectivity index (χ3v) is 4.42. The number of hydrogen-bond acceptors (Lipinski definition) is 3. The second kappa shape index (κ2) is 6.93. The minimum atomic E-state index is -0.0891. The SMILES string of the molecule is CCc1oc(C(=O)NCC2CCC(CN)CC2)cc1C. The number of carbonyl (C=O) groups is 1. The van der Waals surface area contributed by atoms with Gasteiger partial charge in [-0.05, 0) is 62.6 Å². The molecule has 0 aromatic carbocycles. The van der Waals surface area contributed by atoms with Crippen LogP contribution in [0.5, 0.6) is 0 Å². The van der Waals surface area contributed by atoms with E-state index in [-0.39, 0.29) is 5.91 Å². The quantitative estimate of drug-likeness (QED) is 0.870. The van der Waals surface area contributed by atoms with E-state index in [1.54, 1.807) is 0 Å². The molecule has 1 aromatic rings. The highest BCUT2D eigenvalue weighted by Crippen LogP contribution is 2.27. The highest BCUT2D eigenvalue weighted by atomic mass is 16.4. The van der Waals surface area contributed by atoms with Gasteiger partial charge in [-0.1, -0.05) is 6.92 Å². The van der Waals surface area contributed by atoms with Crippen LogP contribution >= 0.6 is 0 Å². The Labute approximate surface area is 121 Å². The van der Waals surface area contributed by atoms with Crippen LogP contribution in [-0.2, 0) is 6.42 Å². The highest BCUT2D eigenvalue weighted by Gasteiger charge is 2.21. The smallest absolute Gasteiger partial charge is 0.287 e. The van der Waals surface area contributed by atoms with Gasteiger partial charge in [0, 0.05) is 13.0 Å². The number of rotatable bonds is 5. The van der Waals surface area contributed by atoms with Crippen molar-refractivity contribution in [2.24, 2.45) is 17.6 Å². The zero-order valence-electron chi connectivity index (χ0n) is 12.6. The molecule has 0 spiro atoms. The summed E-state index contributed by atoms with van der Waals surface area (Å²) in [6, 6.07) is 1.83. The molecule has 0 unspecified atom stereocenters. The summed E-state index contributed by atoms with van der Waals surface area (Å²) in [5.41, 5.74) is 6.75. The lowest BCUT2D eigenvalue weighted by atomic mass is 9.82. The van der Waals surface area contributed by atoms with Gasteiger partial charge in [0.15, 0.2) is 5.76 Å². The van der Waals surface area contributed by atoms with Crippen molar-refractivity contribution in [3.63, 3.8) is 0 Å². The molecule has 112 valence electrons. The third-order valence-electron chi connectivity index (χ3n) is 4.42. The van der Waals surface area contributed by atoms with E-state index in [0.29, 0.717) is 17.6 Å². The first kappa shape index (κ1) is 15.1. The molecule has 2 rings (SSSR count). The van der Waals surface area contributed by atoms with E-state index in [0.717, 1.165) is 30.8 Å². The number of nitrogens with one attached hydrogen (secondary N) is 1. The number of nitrogens with two attached hydrogens (primary N) is 1. The van der Waals surface area contributed by atoms with Crippen molar-refractivity contribution in [3.05, 3.63) is 23.2 Å². The third kappa shape index (κ3) is 3.63. The second-order valence-corrected chi connectivity index (χ2v) is 5.90. The molecule has 20 heavy (non-hydrogen) atoms. The Kier molecular flexibility index (Phi) is 5.24. The average molecular weight is 278 g/mol. The van der Waals surface area contributed by atoms with Gasteiger partial charge in [0.1, 0.15) is 5.76 Å². The molecule has 0 radical (unpaired) electrons. The van der Waals surface area contributed by atoms with Crippen LogP contribution in [-0.4, -0.2) is 19.0 Å². The maximum absolute atomic E-state index is 12.1. The molecule has 4 nitrogen and oxygen atoms in total. The van der Waals surface area contributed by atoms with Crippen LogP contribution in [0.3, 0.4) is 0 Å². The lowest BCUT2D eigenvalue weighted by molar-refractivity contribution is 0.0912. The van der Waals surface area contributed by atoms with E-state index in [2.05, 4.69) is 5.32 Å². The minimum Gasteiger partial charge on any atom is -0.456 e. The van der Waals surface area contributed by atoms with Gasteiger partial charge in [0.25, 0.3) is 5.91 Å². The van der Waals surface area contributed by atoms with E-state index >= 15 is 0 Å². The lowest BCUT2D eigenvalue weighted by Gasteiger charge is -2.27. The molecule has 0 aliphatic heterocycles. The molecule has 1 heterocycles. The molecule has 1 saturated carbocycles. The maximum atomic E-state index is 12.1. The van der Waals surface area contributed by atoms with Gasteiger partial charge >= 0.3 is 0 Å². The Morgan fingerprint density at radius 1 is 1.35 bits per heavy atom. The minimum absolute atomic E-state index is 0.0891. The molecule has 0 atom stereocenters. The van der Waals surface area contributed by atoms with E-state index in [4.69, 9.17) is 10.2 Å². The standard InChI is InChI=1S/C16H26N2O2/c1-3-14-11(2)8-15(20-14)16(19)18-10-13-6-4-12(9-17)5-7-13/h8,12-13H,3-7,9-10,17H2,1-2H3,(H,18,19). The summed E-state index contributed by atoms with van der Waals surface area (Å²) in [4.78, 5) is 12.1. The summed E-state index contributed by atoms with van der Waals surface area (Å²) in [6.07, 6.45) is 5.54. The number of carbonyl (C=O) groups excluding carboxylic acids is 1. The monoisotopic (exact) mass is 278 g/mol. The maximum Gasteiger partial charge on any atom is 0.287 e. The average Bonchev–Trinajstić information content (AvgIpc) is 2.86. The van der Waals surface area contributed by atoms with Crippen molar-refractivity contribution in [2.45, 2.75) is 46.0 Å². The predicted octanol–water partition coefficient (Wildman–Crippen LogP) is 2.65. The first-order valence-electron chi connectivity index (χ1n) is 7.71. The van der Waals surface area contributed by atoms with Gasteiger partial charge < -0.3 is 15.5 Å². The van der Waals surface area contributed by atoms with Crippen LogP contribution in [0.1, 0.15) is 54.5 Å². The van der Waals surface area contributed by atoms with Gasteiger partial charge in [0.05, 0.1) is 0 Å². The fraction of sp³-hybridized carbons (Fsp3) is 0.688. The molecule has 0 bridgehead atoms. The van der Waals surface area contributed by atoms with E-state index < -0.39 is 0 Å². The van der Waals surface area contributed by atoms with Crippen LogP contribution in [0, 0.1) is 18.8 Å². The summed E-state index contributed by atoms with van der Waals surface area (Å²) in [7, 11) is 0. The van der Waals surface area contributed by atoms with Crippen LogP contribution in [0.2, 0.25) is 0 Å². The fourth-order valence-electron chi connectivity index (χ4n) is 2.98. The molecule has 4 heteroatoms. The number of furan rings is 1. The van der Waals surface area contributed by atoms with Gasteiger partial charge in [-0.2, -0.15) is 0 Å². The Balaban J connectivity index is 1.80. The molecule has 1 aliphatic rings. The Morgan fingerprint density at radius 2 is 2.00 bits per heavy atom. The van der Waals surface area contributed by atoms with Crippen LogP contribution in [0.25, 0.3) is 0 Å². The van der Waals surface area contributed by atoms with Crippen molar-refractivity contribution in [3.8, 4) is 0 Å². The summed E-state index contributed by atoms with van der Waals surface area (Å²) in [5, 5.41) is 3.00.